The van der Waals surface area contributed by atoms with Gasteiger partial charge >= 0.3 is 0 Å². The fraction of sp³-hybridized carbons (Fsp3) is 0.522. The lowest BCUT2D eigenvalue weighted by atomic mass is 10.00. The van der Waals surface area contributed by atoms with Crippen molar-refractivity contribution in [3.8, 4) is 5.75 Å². The van der Waals surface area contributed by atoms with Gasteiger partial charge in [-0.05, 0) is 36.5 Å². The molecule has 2 fully saturated rings. The van der Waals surface area contributed by atoms with Crippen LogP contribution in [0.15, 0.2) is 35.3 Å². The van der Waals surface area contributed by atoms with Gasteiger partial charge in [-0.3, -0.25) is 9.69 Å². The molecule has 0 aliphatic carbocycles. The van der Waals surface area contributed by atoms with E-state index in [2.05, 4.69) is 40.8 Å². The molecule has 0 spiro atoms. The number of ether oxygens (including phenoxy) is 2. The van der Waals surface area contributed by atoms with Gasteiger partial charge in [0, 0.05) is 32.2 Å². The number of nitrogens with one attached hydrogen (secondary N) is 1. The predicted octanol–water partition coefficient (Wildman–Crippen LogP) is 2.70. The van der Waals surface area contributed by atoms with Gasteiger partial charge in [-0.15, -0.1) is 0 Å². The summed E-state index contributed by atoms with van der Waals surface area (Å²) in [5.74, 6) is 3.22. The van der Waals surface area contributed by atoms with E-state index in [9.17, 15) is 4.79 Å². The number of hydrogen-bond donors (Lipinski definition) is 1. The van der Waals surface area contributed by atoms with E-state index in [1.807, 2.05) is 12.1 Å². The molecule has 0 unspecified atom stereocenters. The highest BCUT2D eigenvalue weighted by atomic mass is 16.5. The minimum absolute atomic E-state index is 0.144. The second-order valence-corrected chi connectivity index (χ2v) is 8.86. The van der Waals surface area contributed by atoms with E-state index in [1.54, 1.807) is 10.7 Å². The van der Waals surface area contributed by atoms with Crippen LogP contribution in [0.5, 0.6) is 5.75 Å². The highest BCUT2D eigenvalue weighted by Gasteiger charge is 2.29. The Morgan fingerprint density at radius 1 is 1.19 bits per heavy atom. The Kier molecular flexibility index (Phi) is 5.50. The normalized spacial score (nSPS) is 18.5. The van der Waals surface area contributed by atoms with Crippen LogP contribution in [0.2, 0.25) is 0 Å². The van der Waals surface area contributed by atoms with Gasteiger partial charge in [0.15, 0.2) is 5.52 Å². The number of nitrogens with zero attached hydrogens (tertiary/aromatic N) is 4. The number of hydrogen-bond acceptors (Lipinski definition) is 6. The molecule has 2 saturated heterocycles. The summed E-state index contributed by atoms with van der Waals surface area (Å²) in [4.78, 5) is 22.2. The highest BCUT2D eigenvalue weighted by molar-refractivity contribution is 5.42. The van der Waals surface area contributed by atoms with Crippen LogP contribution in [0.1, 0.15) is 55.7 Å². The molecule has 8 heteroatoms. The van der Waals surface area contributed by atoms with E-state index in [0.717, 1.165) is 50.7 Å². The van der Waals surface area contributed by atoms with Crippen LogP contribution in [0.25, 0.3) is 5.52 Å². The Labute approximate surface area is 181 Å². The zero-order valence-corrected chi connectivity index (χ0v) is 18.1. The lowest BCUT2D eigenvalue weighted by Crippen LogP contribution is -2.53. The van der Waals surface area contributed by atoms with E-state index in [1.165, 1.54) is 5.56 Å². The van der Waals surface area contributed by atoms with Gasteiger partial charge in [0.05, 0.1) is 12.7 Å². The zero-order chi connectivity index (χ0) is 21.4. The van der Waals surface area contributed by atoms with Gasteiger partial charge in [0.2, 0.25) is 0 Å². The van der Waals surface area contributed by atoms with E-state index in [0.29, 0.717) is 23.8 Å². The standard InChI is InChI=1S/C23H29N5O3/c1-15(2)16-3-5-18(6-4-16)31-19-12-27(13-19)14-21-25-23(29)20-11-24-22(28(20)26-21)17-7-9-30-10-8-17/h3-6,11,15,17,19H,7-10,12-14H2,1-2H3,(H,25,26,29). The maximum absolute atomic E-state index is 12.5. The summed E-state index contributed by atoms with van der Waals surface area (Å²) in [6.07, 6.45) is 3.60. The van der Waals surface area contributed by atoms with Crippen LogP contribution in [-0.2, 0) is 11.3 Å². The van der Waals surface area contributed by atoms with E-state index >= 15 is 0 Å². The third-order valence-corrected chi connectivity index (χ3v) is 6.21. The molecule has 1 aromatic carbocycles. The third kappa shape index (κ3) is 4.22. The lowest BCUT2D eigenvalue weighted by molar-refractivity contribution is 0.0127. The largest absolute Gasteiger partial charge is 0.488 e. The lowest BCUT2D eigenvalue weighted by Gasteiger charge is -2.38. The van der Waals surface area contributed by atoms with Gasteiger partial charge in [0.1, 0.15) is 23.5 Å². The van der Waals surface area contributed by atoms with Crippen molar-refractivity contribution >= 4 is 5.52 Å². The number of fused-ring (bicyclic) bond motifs is 1. The number of aromatic nitrogens is 4. The number of H-pyrrole nitrogens is 1. The third-order valence-electron chi connectivity index (χ3n) is 6.21. The topological polar surface area (TPSA) is 84.8 Å². The molecule has 5 rings (SSSR count). The number of imidazole rings is 1. The molecule has 0 bridgehead atoms. The highest BCUT2D eigenvalue weighted by Crippen LogP contribution is 2.26. The van der Waals surface area contributed by atoms with Gasteiger partial charge in [-0.25, -0.2) is 9.50 Å². The van der Waals surface area contributed by atoms with Crippen LogP contribution < -0.4 is 10.3 Å². The number of rotatable bonds is 6. The minimum atomic E-state index is -0.144. The smallest absolute Gasteiger partial charge is 0.276 e. The molecule has 0 amide bonds. The molecule has 2 aromatic heterocycles. The quantitative estimate of drug-likeness (QED) is 0.656. The number of benzene rings is 1. The van der Waals surface area contributed by atoms with E-state index in [-0.39, 0.29) is 17.6 Å². The summed E-state index contributed by atoms with van der Waals surface area (Å²) >= 11 is 0. The molecule has 2 aliphatic rings. The zero-order valence-electron chi connectivity index (χ0n) is 18.1. The van der Waals surface area contributed by atoms with Crippen molar-refractivity contribution in [1.29, 1.82) is 0 Å². The van der Waals surface area contributed by atoms with Crippen molar-refractivity contribution in [3.05, 3.63) is 58.0 Å². The second kappa shape index (κ2) is 8.43. The van der Waals surface area contributed by atoms with Crippen molar-refractivity contribution in [2.45, 2.75) is 51.2 Å². The van der Waals surface area contributed by atoms with Gasteiger partial charge < -0.3 is 14.5 Å². The fourth-order valence-electron chi connectivity index (χ4n) is 4.33. The van der Waals surface area contributed by atoms with E-state index < -0.39 is 0 Å². The average molecular weight is 424 g/mol. The van der Waals surface area contributed by atoms with Crippen LogP contribution in [0.3, 0.4) is 0 Å². The molecule has 0 saturated carbocycles. The molecule has 2 aliphatic heterocycles. The maximum atomic E-state index is 12.5. The monoisotopic (exact) mass is 423 g/mol. The Hall–Kier alpha value is -2.71. The van der Waals surface area contributed by atoms with Crippen molar-refractivity contribution in [2.24, 2.45) is 0 Å². The van der Waals surface area contributed by atoms with Crippen molar-refractivity contribution < 1.29 is 9.47 Å². The molecule has 3 aromatic rings. The Morgan fingerprint density at radius 2 is 1.94 bits per heavy atom. The Morgan fingerprint density at radius 3 is 2.65 bits per heavy atom. The number of likely N-dealkylation sites (tertiary alicyclic amines) is 1. The van der Waals surface area contributed by atoms with Gasteiger partial charge in [-0.2, -0.15) is 5.10 Å². The van der Waals surface area contributed by atoms with Crippen LogP contribution in [-0.4, -0.2) is 56.9 Å². The average Bonchev–Trinajstić information content (AvgIpc) is 3.18. The first-order chi connectivity index (χ1) is 15.1. The van der Waals surface area contributed by atoms with Gasteiger partial charge in [0.25, 0.3) is 5.56 Å². The molecule has 31 heavy (non-hydrogen) atoms. The summed E-state index contributed by atoms with van der Waals surface area (Å²) < 4.78 is 13.3. The van der Waals surface area contributed by atoms with Crippen molar-refractivity contribution in [1.82, 2.24) is 24.5 Å². The molecule has 8 nitrogen and oxygen atoms in total. The Bertz CT molecular complexity index is 1090. The van der Waals surface area contributed by atoms with Crippen molar-refractivity contribution in [2.75, 3.05) is 26.3 Å². The van der Waals surface area contributed by atoms with Gasteiger partial charge in [-0.1, -0.05) is 26.0 Å². The molecule has 164 valence electrons. The van der Waals surface area contributed by atoms with Crippen molar-refractivity contribution in [3.63, 3.8) is 0 Å². The molecule has 0 atom stereocenters. The molecular weight excluding hydrogens is 394 g/mol. The molecular formula is C23H29N5O3. The van der Waals surface area contributed by atoms with Crippen LogP contribution in [0.4, 0.5) is 0 Å². The van der Waals surface area contributed by atoms with Crippen LogP contribution in [0, 0.1) is 0 Å². The second-order valence-electron chi connectivity index (χ2n) is 8.86. The summed E-state index contributed by atoms with van der Waals surface area (Å²) in [6, 6.07) is 8.34. The molecule has 1 N–H and O–H groups in total. The summed E-state index contributed by atoms with van der Waals surface area (Å²) in [5, 5.41) is 4.70. The summed E-state index contributed by atoms with van der Waals surface area (Å²) in [7, 11) is 0. The Balaban J connectivity index is 1.23. The summed E-state index contributed by atoms with van der Waals surface area (Å²) in [6.45, 7) is 8.03. The first-order valence-corrected chi connectivity index (χ1v) is 11.1. The SMILES string of the molecule is CC(C)c1ccc(OC2CN(Cc3nn4c(C5CCOCC5)ncc4c(=O)[nH]3)C2)cc1. The minimum Gasteiger partial charge on any atom is -0.488 e. The summed E-state index contributed by atoms with van der Waals surface area (Å²) in [5.41, 5.74) is 1.67. The predicted molar refractivity (Wildman–Crippen MR) is 117 cm³/mol. The fourth-order valence-corrected chi connectivity index (χ4v) is 4.33. The molecule has 0 radical (unpaired) electrons. The first-order valence-electron chi connectivity index (χ1n) is 11.1. The van der Waals surface area contributed by atoms with Crippen LogP contribution >= 0.6 is 0 Å². The maximum Gasteiger partial charge on any atom is 0.276 e. The van der Waals surface area contributed by atoms with E-state index in [4.69, 9.17) is 14.6 Å². The molecule has 4 heterocycles. The first kappa shape index (κ1) is 20.2. The number of aromatic amines is 1.